The molecular weight excluding hydrogens is 211 g/mol. The molecule has 0 bridgehead atoms. The molecule has 3 nitrogen and oxygen atoms in total. The van der Waals surface area contributed by atoms with Gasteiger partial charge < -0.3 is 11.1 Å². The van der Waals surface area contributed by atoms with E-state index in [9.17, 15) is 4.79 Å². The van der Waals surface area contributed by atoms with E-state index in [2.05, 4.69) is 5.32 Å². The van der Waals surface area contributed by atoms with Crippen LogP contribution < -0.4 is 11.1 Å². The highest BCUT2D eigenvalue weighted by atomic mass is 35.5. The molecule has 0 saturated carbocycles. The maximum absolute atomic E-state index is 10.9. The quantitative estimate of drug-likeness (QED) is 0.591. The number of amides is 1. The summed E-state index contributed by atoms with van der Waals surface area (Å²) in [6.07, 6.45) is 0. The zero-order chi connectivity index (χ0) is 9.84. The molecule has 0 spiro atoms. The van der Waals surface area contributed by atoms with E-state index in [1.165, 1.54) is 0 Å². The number of nitrogens with two attached hydrogens (primary N) is 1. The lowest BCUT2D eigenvalue weighted by atomic mass is 10.2. The molecule has 1 aromatic rings. The van der Waals surface area contributed by atoms with E-state index >= 15 is 0 Å². The van der Waals surface area contributed by atoms with Crippen molar-refractivity contribution in [1.82, 2.24) is 0 Å². The lowest BCUT2D eigenvalue weighted by molar-refractivity contribution is -0.113. The normalized spacial score (nSPS) is 9.69. The van der Waals surface area contributed by atoms with Gasteiger partial charge in [0.2, 0.25) is 5.91 Å². The van der Waals surface area contributed by atoms with E-state index < -0.39 is 0 Å². The van der Waals surface area contributed by atoms with Gasteiger partial charge >= 0.3 is 0 Å². The molecule has 0 aliphatic heterocycles. The summed E-state index contributed by atoms with van der Waals surface area (Å²) in [5.41, 5.74) is 6.53. The Hall–Kier alpha value is -0.930. The molecule has 0 aliphatic carbocycles. The first kappa shape index (κ1) is 10.2. The third kappa shape index (κ3) is 2.79. The Morgan fingerprint density at radius 2 is 2.23 bits per heavy atom. The molecular formula is C8H8Cl2N2O. The Morgan fingerprint density at radius 3 is 2.77 bits per heavy atom. The first-order valence-electron chi connectivity index (χ1n) is 3.54. The van der Waals surface area contributed by atoms with E-state index in [1.807, 2.05) is 0 Å². The maximum atomic E-state index is 10.9. The van der Waals surface area contributed by atoms with Crippen molar-refractivity contribution in [2.24, 2.45) is 0 Å². The van der Waals surface area contributed by atoms with Gasteiger partial charge in [-0.1, -0.05) is 11.6 Å². The van der Waals surface area contributed by atoms with Crippen molar-refractivity contribution in [2.75, 3.05) is 16.9 Å². The van der Waals surface area contributed by atoms with Crippen molar-refractivity contribution in [3.8, 4) is 0 Å². The fourth-order valence-corrected chi connectivity index (χ4v) is 1.08. The Kier molecular flexibility index (Phi) is 3.39. The highest BCUT2D eigenvalue weighted by Gasteiger charge is 2.03. The van der Waals surface area contributed by atoms with Gasteiger partial charge in [0.1, 0.15) is 5.88 Å². The first-order valence-corrected chi connectivity index (χ1v) is 4.45. The fraction of sp³-hybridized carbons (Fsp3) is 0.125. The van der Waals surface area contributed by atoms with Gasteiger partial charge in [0.05, 0.1) is 11.4 Å². The van der Waals surface area contributed by atoms with Crippen LogP contribution in [0.2, 0.25) is 5.02 Å². The number of nitrogen functional groups attached to an aromatic ring is 1. The molecule has 13 heavy (non-hydrogen) atoms. The fourth-order valence-electron chi connectivity index (χ4n) is 0.831. The Balaban J connectivity index is 2.83. The molecule has 0 atom stereocenters. The summed E-state index contributed by atoms with van der Waals surface area (Å²) < 4.78 is 0. The highest BCUT2D eigenvalue weighted by Crippen LogP contribution is 2.22. The molecule has 0 unspecified atom stereocenters. The average Bonchev–Trinajstić information content (AvgIpc) is 2.09. The summed E-state index contributed by atoms with van der Waals surface area (Å²) in [6, 6.07) is 4.83. The van der Waals surface area contributed by atoms with Crippen molar-refractivity contribution in [3.05, 3.63) is 23.2 Å². The lowest BCUT2D eigenvalue weighted by Crippen LogP contribution is -2.13. The molecule has 0 fully saturated rings. The van der Waals surface area contributed by atoms with Crippen LogP contribution in [0.4, 0.5) is 11.4 Å². The SMILES string of the molecule is Nc1cc(Cl)ccc1NC(=O)CCl. The molecule has 0 heterocycles. The largest absolute Gasteiger partial charge is 0.397 e. The van der Waals surface area contributed by atoms with E-state index in [4.69, 9.17) is 28.9 Å². The molecule has 3 N–H and O–H groups in total. The van der Waals surface area contributed by atoms with Crippen molar-refractivity contribution >= 4 is 40.5 Å². The lowest BCUT2D eigenvalue weighted by Gasteiger charge is -2.06. The number of rotatable bonds is 2. The zero-order valence-corrected chi connectivity index (χ0v) is 8.19. The van der Waals surface area contributed by atoms with E-state index in [0.717, 1.165) is 0 Å². The molecule has 1 rings (SSSR count). The van der Waals surface area contributed by atoms with Gasteiger partial charge in [-0.3, -0.25) is 4.79 Å². The molecule has 1 aromatic carbocycles. The summed E-state index contributed by atoms with van der Waals surface area (Å²) in [5.74, 6) is -0.391. The van der Waals surface area contributed by atoms with E-state index in [0.29, 0.717) is 16.4 Å². The van der Waals surface area contributed by atoms with Gasteiger partial charge in [0.15, 0.2) is 0 Å². The minimum atomic E-state index is -0.296. The predicted molar refractivity (Wildman–Crippen MR) is 55.2 cm³/mol. The number of nitrogens with one attached hydrogen (secondary N) is 1. The second kappa shape index (κ2) is 4.35. The smallest absolute Gasteiger partial charge is 0.239 e. The van der Waals surface area contributed by atoms with E-state index in [1.54, 1.807) is 18.2 Å². The van der Waals surface area contributed by atoms with E-state index in [-0.39, 0.29) is 11.8 Å². The van der Waals surface area contributed by atoms with Crippen LogP contribution in [0.1, 0.15) is 0 Å². The van der Waals surface area contributed by atoms with Crippen LogP contribution in [-0.2, 0) is 4.79 Å². The van der Waals surface area contributed by atoms with Crippen LogP contribution >= 0.6 is 23.2 Å². The molecule has 0 saturated heterocycles. The Morgan fingerprint density at radius 1 is 1.54 bits per heavy atom. The van der Waals surface area contributed by atoms with Crippen LogP contribution in [0.3, 0.4) is 0 Å². The summed E-state index contributed by atoms with van der Waals surface area (Å²) in [5, 5.41) is 3.06. The minimum absolute atomic E-state index is 0.0952. The molecule has 5 heteroatoms. The zero-order valence-electron chi connectivity index (χ0n) is 6.68. The third-order valence-corrected chi connectivity index (χ3v) is 1.89. The van der Waals surface area contributed by atoms with Gasteiger partial charge in [-0.15, -0.1) is 11.6 Å². The van der Waals surface area contributed by atoms with Crippen molar-refractivity contribution in [3.63, 3.8) is 0 Å². The standard InChI is InChI=1S/C8H8Cl2N2O/c9-4-8(13)12-7-2-1-5(10)3-6(7)11/h1-3H,4,11H2,(H,12,13). The van der Waals surface area contributed by atoms with Gasteiger partial charge in [0, 0.05) is 5.02 Å². The van der Waals surface area contributed by atoms with Crippen LogP contribution in [-0.4, -0.2) is 11.8 Å². The first-order chi connectivity index (χ1) is 6.13. The maximum Gasteiger partial charge on any atom is 0.239 e. The summed E-state index contributed by atoms with van der Waals surface area (Å²) in [4.78, 5) is 10.9. The van der Waals surface area contributed by atoms with Crippen molar-refractivity contribution in [1.29, 1.82) is 0 Å². The predicted octanol–water partition coefficient (Wildman–Crippen LogP) is 2.10. The van der Waals surface area contributed by atoms with Gasteiger partial charge in [-0.05, 0) is 18.2 Å². The molecule has 0 aromatic heterocycles. The van der Waals surface area contributed by atoms with Gasteiger partial charge in [-0.25, -0.2) is 0 Å². The Bertz CT molecular complexity index is 328. The number of benzene rings is 1. The Labute approximate surface area is 85.8 Å². The average molecular weight is 219 g/mol. The van der Waals surface area contributed by atoms with Crippen molar-refractivity contribution < 1.29 is 4.79 Å². The molecule has 0 radical (unpaired) electrons. The number of hydrogen-bond donors (Lipinski definition) is 2. The number of hydrogen-bond acceptors (Lipinski definition) is 2. The van der Waals surface area contributed by atoms with Crippen LogP contribution in [0, 0.1) is 0 Å². The topological polar surface area (TPSA) is 55.1 Å². The number of halogens is 2. The van der Waals surface area contributed by atoms with Gasteiger partial charge in [-0.2, -0.15) is 0 Å². The monoisotopic (exact) mass is 218 g/mol. The summed E-state index contributed by atoms with van der Waals surface area (Å²) >= 11 is 11.0. The number of alkyl halides is 1. The molecule has 1 amide bonds. The van der Waals surface area contributed by atoms with Crippen LogP contribution in [0.15, 0.2) is 18.2 Å². The minimum Gasteiger partial charge on any atom is -0.397 e. The second-order valence-corrected chi connectivity index (χ2v) is 3.12. The number of carbonyl (C=O) groups excluding carboxylic acids is 1. The van der Waals surface area contributed by atoms with Gasteiger partial charge in [0.25, 0.3) is 0 Å². The van der Waals surface area contributed by atoms with Crippen molar-refractivity contribution in [2.45, 2.75) is 0 Å². The van der Waals surface area contributed by atoms with Crippen LogP contribution in [0.5, 0.6) is 0 Å². The number of anilines is 2. The van der Waals surface area contributed by atoms with Crippen LogP contribution in [0.25, 0.3) is 0 Å². The summed E-state index contributed by atoms with van der Waals surface area (Å²) in [7, 11) is 0. The second-order valence-electron chi connectivity index (χ2n) is 2.41. The third-order valence-electron chi connectivity index (χ3n) is 1.41. The number of carbonyl (C=O) groups is 1. The summed E-state index contributed by atoms with van der Waals surface area (Å²) in [6.45, 7) is 0. The highest BCUT2D eigenvalue weighted by molar-refractivity contribution is 6.31. The molecule has 0 aliphatic rings. The molecule has 70 valence electrons.